The van der Waals surface area contributed by atoms with Gasteiger partial charge in [0.2, 0.25) is 23.6 Å². The first-order chi connectivity index (χ1) is 24.5. The van der Waals surface area contributed by atoms with Crippen LogP contribution in [0, 0.1) is 0 Å². The number of ketones is 1. The number of nitrogens with zero attached hydrogens (tertiary/aromatic N) is 2. The smallest absolute Gasteiger partial charge is 0.264 e. The van der Waals surface area contributed by atoms with Gasteiger partial charge in [0, 0.05) is 31.4 Å². The summed E-state index contributed by atoms with van der Waals surface area (Å²) < 4.78 is 0. The van der Waals surface area contributed by atoms with Crippen LogP contribution in [0.25, 0.3) is 0 Å². The van der Waals surface area contributed by atoms with E-state index in [9.17, 15) is 43.2 Å². The van der Waals surface area contributed by atoms with Gasteiger partial charge in [-0.2, -0.15) is 0 Å². The fourth-order valence-corrected chi connectivity index (χ4v) is 7.08. The summed E-state index contributed by atoms with van der Waals surface area (Å²) in [5.74, 6) is -4.50. The lowest BCUT2D eigenvalue weighted by atomic mass is 9.96. The second-order valence-electron chi connectivity index (χ2n) is 13.2. The zero-order chi connectivity index (χ0) is 36.4. The van der Waals surface area contributed by atoms with Gasteiger partial charge in [-0.3, -0.25) is 58.3 Å². The number of anilines is 1. The lowest BCUT2D eigenvalue weighted by Crippen LogP contribution is -2.54. The normalized spacial score (nSPS) is 20.0. The van der Waals surface area contributed by atoms with Crippen molar-refractivity contribution in [2.45, 2.75) is 89.1 Å². The topological polar surface area (TPSA) is 196 Å². The van der Waals surface area contributed by atoms with E-state index in [0.29, 0.717) is 30.5 Å². The summed E-state index contributed by atoms with van der Waals surface area (Å²) in [6.07, 6.45) is 4.60. The van der Waals surface area contributed by atoms with Crippen molar-refractivity contribution in [3.8, 4) is 0 Å². The summed E-state index contributed by atoms with van der Waals surface area (Å²) in [5, 5.41) is 7.51. The summed E-state index contributed by atoms with van der Waals surface area (Å²) in [7, 11) is 0. The Morgan fingerprint density at radius 2 is 1.25 bits per heavy atom. The molecule has 14 nitrogen and oxygen atoms in total. The molecule has 0 bridgehead atoms. The van der Waals surface area contributed by atoms with Crippen LogP contribution < -0.4 is 16.0 Å². The number of hydrogen-bond donors (Lipinski definition) is 3. The van der Waals surface area contributed by atoms with Crippen molar-refractivity contribution in [2.75, 3.05) is 5.32 Å². The van der Waals surface area contributed by atoms with Crippen molar-refractivity contribution < 1.29 is 43.2 Å². The van der Waals surface area contributed by atoms with Crippen LogP contribution in [-0.4, -0.2) is 74.9 Å². The van der Waals surface area contributed by atoms with Crippen LogP contribution in [0.2, 0.25) is 0 Å². The fourth-order valence-electron chi connectivity index (χ4n) is 7.08. The van der Waals surface area contributed by atoms with Crippen molar-refractivity contribution >= 4 is 58.7 Å². The van der Waals surface area contributed by atoms with Gasteiger partial charge in [-0.1, -0.05) is 44.0 Å². The highest BCUT2D eigenvalue weighted by Gasteiger charge is 2.46. The number of hydrogen-bond acceptors (Lipinski definition) is 9. The number of rotatable bonds is 13. The molecule has 51 heavy (non-hydrogen) atoms. The Hall–Kier alpha value is -5.79. The molecular weight excluding hydrogens is 658 g/mol. The van der Waals surface area contributed by atoms with Crippen molar-refractivity contribution in [1.82, 2.24) is 20.4 Å². The van der Waals surface area contributed by atoms with E-state index in [4.69, 9.17) is 0 Å². The maximum atomic E-state index is 13.3. The van der Waals surface area contributed by atoms with E-state index in [0.717, 1.165) is 29.1 Å². The van der Waals surface area contributed by atoms with Gasteiger partial charge >= 0.3 is 0 Å². The molecule has 3 N–H and O–H groups in total. The number of imide groups is 3. The molecule has 0 saturated carbocycles. The maximum absolute atomic E-state index is 13.3. The molecule has 2 saturated heterocycles. The summed E-state index contributed by atoms with van der Waals surface area (Å²) in [6.45, 7) is 3.73. The number of carbonyl (C=O) groups excluding carboxylic acids is 9. The Morgan fingerprint density at radius 1 is 0.686 bits per heavy atom. The van der Waals surface area contributed by atoms with Gasteiger partial charge in [-0.15, -0.1) is 0 Å². The third kappa shape index (κ3) is 6.98. The number of fused-ring (bicyclic) bond motifs is 2. The van der Waals surface area contributed by atoms with E-state index in [-0.39, 0.29) is 78.2 Å². The van der Waals surface area contributed by atoms with Crippen molar-refractivity contribution in [3.05, 3.63) is 76.5 Å². The van der Waals surface area contributed by atoms with E-state index in [1.54, 1.807) is 24.3 Å². The number of allylic oxidation sites excluding steroid dienone is 1. The summed E-state index contributed by atoms with van der Waals surface area (Å²) in [6, 6.07) is 7.32. The molecule has 0 aromatic heterocycles. The number of piperidine rings is 2. The first kappa shape index (κ1) is 35.1. The van der Waals surface area contributed by atoms with E-state index in [1.807, 2.05) is 0 Å². The second-order valence-corrected chi connectivity index (χ2v) is 13.2. The van der Waals surface area contributed by atoms with Gasteiger partial charge in [-0.05, 0) is 55.9 Å². The van der Waals surface area contributed by atoms with E-state index in [2.05, 4.69) is 22.5 Å². The maximum Gasteiger partial charge on any atom is 0.264 e. The zero-order valence-corrected chi connectivity index (χ0v) is 27.9. The molecule has 2 aromatic rings. The number of amides is 8. The third-order valence-corrected chi connectivity index (χ3v) is 9.66. The van der Waals surface area contributed by atoms with Crippen LogP contribution >= 0.6 is 0 Å². The molecule has 14 heteroatoms. The first-order valence-electron chi connectivity index (χ1n) is 17.1. The fraction of sp³-hybridized carbons (Fsp3) is 0.378. The lowest BCUT2D eigenvalue weighted by molar-refractivity contribution is -0.136. The van der Waals surface area contributed by atoms with Crippen molar-refractivity contribution in [3.63, 3.8) is 0 Å². The minimum absolute atomic E-state index is 0.0170. The number of Topliss-reactive ketones (excluding diaryl/α,β-unsaturated/α-hetero) is 1. The SMILES string of the molecule is C=C1CCC(N2C(=O)c3cccc(NC(=O)CCCCCCCC(=O)Cc4cccc5c4C(=O)N(C4CCC(=O)NC4=O)C5=O)c3C2=O)C(=O)N1. The van der Waals surface area contributed by atoms with E-state index < -0.39 is 53.4 Å². The Morgan fingerprint density at radius 3 is 1.92 bits per heavy atom. The van der Waals surface area contributed by atoms with Crippen LogP contribution in [0.1, 0.15) is 118 Å². The molecule has 2 unspecified atom stereocenters. The van der Waals surface area contributed by atoms with Gasteiger partial charge in [0.1, 0.15) is 17.9 Å². The molecule has 2 aromatic carbocycles. The third-order valence-electron chi connectivity index (χ3n) is 9.66. The van der Waals surface area contributed by atoms with Crippen molar-refractivity contribution in [1.29, 1.82) is 0 Å². The largest absolute Gasteiger partial charge is 0.329 e. The highest BCUT2D eigenvalue weighted by atomic mass is 16.2. The van der Waals surface area contributed by atoms with Crippen LogP contribution in [0.4, 0.5) is 5.69 Å². The average Bonchev–Trinajstić information content (AvgIpc) is 3.49. The van der Waals surface area contributed by atoms with Crippen LogP contribution in [0.5, 0.6) is 0 Å². The van der Waals surface area contributed by atoms with Crippen LogP contribution in [-0.2, 0) is 30.4 Å². The minimum atomic E-state index is -1.08. The standard InChI is InChI=1S/C37H37N5O9/c1-20-15-16-26(32(46)38-20)42-35(49)24-12-8-13-25(31(24)37(42)51)39-28(44)14-6-4-2-3-5-10-22(43)19-21-9-7-11-23-30(21)36(50)41(34(23)48)27-17-18-29(45)40-33(27)47/h7-9,11-13,26-27H,1-6,10,14-19H2,(H,38,46)(H,39,44)(H,40,45,47). The van der Waals surface area contributed by atoms with Gasteiger partial charge in [0.15, 0.2) is 0 Å². The molecule has 4 aliphatic heterocycles. The molecular formula is C37H37N5O9. The molecule has 0 spiro atoms. The number of carbonyl (C=O) groups is 9. The quantitative estimate of drug-likeness (QED) is 0.208. The van der Waals surface area contributed by atoms with E-state index >= 15 is 0 Å². The Bertz CT molecular complexity index is 1780. The van der Waals surface area contributed by atoms with Crippen molar-refractivity contribution in [2.24, 2.45) is 0 Å². The molecule has 4 aliphatic rings. The Kier molecular flexibility index (Phi) is 10.0. The number of unbranched alkanes of at least 4 members (excludes halogenated alkanes) is 4. The molecule has 0 aliphatic carbocycles. The second kappa shape index (κ2) is 14.6. The van der Waals surface area contributed by atoms with Gasteiger partial charge in [0.05, 0.1) is 27.9 Å². The van der Waals surface area contributed by atoms with Gasteiger partial charge in [0.25, 0.3) is 23.6 Å². The number of benzene rings is 2. The molecule has 2 atom stereocenters. The van der Waals surface area contributed by atoms with Crippen LogP contribution in [0.3, 0.4) is 0 Å². The summed E-state index contributed by atoms with van der Waals surface area (Å²) >= 11 is 0. The average molecular weight is 696 g/mol. The van der Waals surface area contributed by atoms with E-state index in [1.165, 1.54) is 12.1 Å². The highest BCUT2D eigenvalue weighted by Crippen LogP contribution is 2.33. The zero-order valence-electron chi connectivity index (χ0n) is 27.9. The highest BCUT2D eigenvalue weighted by molar-refractivity contribution is 6.26. The molecule has 4 heterocycles. The van der Waals surface area contributed by atoms with Gasteiger partial charge < -0.3 is 10.6 Å². The molecule has 2 fully saturated rings. The first-order valence-corrected chi connectivity index (χ1v) is 17.1. The molecule has 6 rings (SSSR count). The lowest BCUT2D eigenvalue weighted by Gasteiger charge is -2.29. The monoisotopic (exact) mass is 695 g/mol. The Labute approximate surface area is 293 Å². The Balaban J connectivity index is 0.930. The summed E-state index contributed by atoms with van der Waals surface area (Å²) in [4.78, 5) is 117. The predicted molar refractivity (Wildman–Crippen MR) is 180 cm³/mol. The van der Waals surface area contributed by atoms with Crippen LogP contribution in [0.15, 0.2) is 48.7 Å². The number of nitrogens with one attached hydrogen (secondary N) is 3. The molecule has 264 valence electrons. The predicted octanol–water partition coefficient (Wildman–Crippen LogP) is 2.96. The minimum Gasteiger partial charge on any atom is -0.329 e. The summed E-state index contributed by atoms with van der Waals surface area (Å²) in [5.41, 5.74) is 1.63. The molecule has 8 amide bonds. The molecule has 0 radical (unpaired) electrons. The van der Waals surface area contributed by atoms with Gasteiger partial charge in [-0.25, -0.2) is 0 Å².